The third-order valence-corrected chi connectivity index (χ3v) is 3.75. The molecule has 1 aliphatic heterocycles. The van der Waals surface area contributed by atoms with Gasteiger partial charge in [0.1, 0.15) is 0 Å². The Morgan fingerprint density at radius 2 is 2.39 bits per heavy atom. The first kappa shape index (κ1) is 14.1. The molecule has 1 aliphatic rings. The van der Waals surface area contributed by atoms with E-state index in [1.807, 2.05) is 6.07 Å². The standard InChI is InChI=1S/C11H18F2NO3P/c1-8-7-15-9(2)10(11(8,12)13)17-18(3)16-6-4-5-14/h8-10H,4,6-7H2,1-3H3/t8-,9-,10?,18?/m1/s1/i2D. The fourth-order valence-electron chi connectivity index (χ4n) is 1.54. The van der Waals surface area contributed by atoms with E-state index in [1.165, 1.54) is 6.92 Å². The minimum Gasteiger partial charge on any atom is -0.375 e. The summed E-state index contributed by atoms with van der Waals surface area (Å²) < 4.78 is 51.1. The van der Waals surface area contributed by atoms with Gasteiger partial charge < -0.3 is 13.8 Å². The van der Waals surface area contributed by atoms with Crippen LogP contribution in [-0.2, 0) is 13.8 Å². The van der Waals surface area contributed by atoms with Gasteiger partial charge in [0.2, 0.25) is 0 Å². The number of hydrogen-bond donors (Lipinski definition) is 0. The van der Waals surface area contributed by atoms with Crippen molar-refractivity contribution >= 4 is 8.38 Å². The number of halogens is 2. The molecule has 0 radical (unpaired) electrons. The number of nitriles is 1. The van der Waals surface area contributed by atoms with Crippen LogP contribution in [0.1, 0.15) is 21.6 Å². The molecule has 0 amide bonds. The van der Waals surface area contributed by atoms with Gasteiger partial charge >= 0.3 is 0 Å². The van der Waals surface area contributed by atoms with Crippen molar-refractivity contribution in [2.75, 3.05) is 19.9 Å². The first-order chi connectivity index (χ1) is 8.93. The van der Waals surface area contributed by atoms with Crippen LogP contribution in [0.25, 0.3) is 0 Å². The molecule has 1 rings (SSSR count). The highest BCUT2D eigenvalue weighted by Gasteiger charge is 2.53. The van der Waals surface area contributed by atoms with E-state index in [-0.39, 0.29) is 26.5 Å². The van der Waals surface area contributed by atoms with Crippen molar-refractivity contribution in [2.45, 2.75) is 38.4 Å². The monoisotopic (exact) mass is 282 g/mol. The second-order valence-corrected chi connectivity index (χ2v) is 5.50. The van der Waals surface area contributed by atoms with Crippen LogP contribution in [0, 0.1) is 17.2 Å². The lowest BCUT2D eigenvalue weighted by atomic mass is 9.93. The van der Waals surface area contributed by atoms with E-state index in [4.69, 9.17) is 20.4 Å². The predicted molar refractivity (Wildman–Crippen MR) is 63.4 cm³/mol. The summed E-state index contributed by atoms with van der Waals surface area (Å²) in [6, 6.07) is 1.90. The maximum atomic E-state index is 14.1. The molecule has 2 unspecified atom stereocenters. The smallest absolute Gasteiger partial charge is 0.281 e. The normalized spacial score (nSPS) is 33.5. The van der Waals surface area contributed by atoms with Gasteiger partial charge in [-0.05, 0) is 6.90 Å². The third-order valence-electron chi connectivity index (χ3n) is 2.68. The summed E-state index contributed by atoms with van der Waals surface area (Å²) in [6.07, 6.45) is -2.23. The fraction of sp³-hybridized carbons (Fsp3) is 0.909. The molecule has 0 aromatic rings. The van der Waals surface area contributed by atoms with Gasteiger partial charge in [-0.1, -0.05) is 6.92 Å². The summed E-state index contributed by atoms with van der Waals surface area (Å²) in [4.78, 5) is 0. The van der Waals surface area contributed by atoms with E-state index < -0.39 is 32.4 Å². The third kappa shape index (κ3) is 3.83. The Labute approximate surface area is 109 Å². The first-order valence-corrected chi connectivity index (χ1v) is 7.25. The summed E-state index contributed by atoms with van der Waals surface area (Å²) in [5.74, 6) is -4.00. The summed E-state index contributed by atoms with van der Waals surface area (Å²) in [5.41, 5.74) is 0. The molecule has 1 heterocycles. The highest BCUT2D eigenvalue weighted by molar-refractivity contribution is 7.46. The molecule has 0 aromatic carbocycles. The van der Waals surface area contributed by atoms with Crippen LogP contribution in [0.4, 0.5) is 8.78 Å². The zero-order valence-corrected chi connectivity index (χ0v) is 11.3. The molecule has 0 N–H and O–H groups in total. The number of rotatable bonds is 5. The Morgan fingerprint density at radius 3 is 3.00 bits per heavy atom. The average Bonchev–Trinajstić information content (AvgIpc) is 2.36. The highest BCUT2D eigenvalue weighted by Crippen LogP contribution is 2.45. The molecule has 1 fully saturated rings. The molecule has 0 aromatic heterocycles. The lowest BCUT2D eigenvalue weighted by Crippen LogP contribution is -2.53. The molecule has 0 bridgehead atoms. The maximum Gasteiger partial charge on any atom is 0.281 e. The molecular formula is C11H18F2NO3P. The van der Waals surface area contributed by atoms with Gasteiger partial charge in [-0.15, -0.1) is 0 Å². The first-order valence-electron chi connectivity index (χ1n) is 6.33. The second kappa shape index (κ2) is 6.72. The molecule has 7 heteroatoms. The summed E-state index contributed by atoms with van der Waals surface area (Å²) in [7, 11) is -1.52. The molecule has 4 nitrogen and oxygen atoms in total. The molecule has 18 heavy (non-hydrogen) atoms. The van der Waals surface area contributed by atoms with Crippen LogP contribution >= 0.6 is 8.38 Å². The fourth-order valence-corrected chi connectivity index (χ4v) is 2.55. The molecule has 0 saturated carbocycles. The molecular weight excluding hydrogens is 263 g/mol. The Bertz CT molecular complexity index is 330. The van der Waals surface area contributed by atoms with E-state index >= 15 is 0 Å². The number of hydrogen-bond acceptors (Lipinski definition) is 4. The second-order valence-electron chi connectivity index (χ2n) is 4.15. The lowest BCUT2D eigenvalue weighted by molar-refractivity contribution is -0.226. The average molecular weight is 282 g/mol. The van der Waals surface area contributed by atoms with Crippen molar-refractivity contribution in [3.8, 4) is 6.07 Å². The number of ether oxygens (including phenoxy) is 1. The molecule has 1 saturated heterocycles. The Morgan fingerprint density at radius 1 is 1.67 bits per heavy atom. The van der Waals surface area contributed by atoms with Crippen molar-refractivity contribution in [3.05, 3.63) is 0 Å². The molecule has 4 atom stereocenters. The zero-order chi connectivity index (χ0) is 14.5. The highest BCUT2D eigenvalue weighted by atomic mass is 31.2. The van der Waals surface area contributed by atoms with Crippen LogP contribution in [-0.4, -0.2) is 38.0 Å². The van der Waals surface area contributed by atoms with Gasteiger partial charge in [0.15, 0.2) is 14.5 Å². The van der Waals surface area contributed by atoms with Gasteiger partial charge in [0.25, 0.3) is 5.92 Å². The van der Waals surface area contributed by atoms with E-state index in [1.54, 1.807) is 6.66 Å². The number of alkyl halides is 2. The minimum atomic E-state index is -3.04. The summed E-state index contributed by atoms with van der Waals surface area (Å²) in [6.45, 7) is 2.74. The maximum absolute atomic E-state index is 14.1. The van der Waals surface area contributed by atoms with Crippen LogP contribution in [0.2, 0.25) is 0 Å². The predicted octanol–water partition coefficient (Wildman–Crippen LogP) is 2.93. The molecule has 0 aliphatic carbocycles. The topological polar surface area (TPSA) is 51.5 Å². The van der Waals surface area contributed by atoms with Crippen LogP contribution in [0.5, 0.6) is 0 Å². The van der Waals surface area contributed by atoms with Crippen LogP contribution in [0.15, 0.2) is 0 Å². The van der Waals surface area contributed by atoms with Crippen molar-refractivity contribution < 1.29 is 23.9 Å². The number of nitrogens with zero attached hydrogens (tertiary/aromatic N) is 1. The summed E-state index contributed by atoms with van der Waals surface area (Å²) in [5, 5.41) is 8.37. The van der Waals surface area contributed by atoms with Gasteiger partial charge in [-0.2, -0.15) is 5.26 Å². The lowest BCUT2D eigenvalue weighted by Gasteiger charge is -2.40. The largest absolute Gasteiger partial charge is 0.375 e. The quantitative estimate of drug-likeness (QED) is 0.574. The molecule has 0 spiro atoms. The van der Waals surface area contributed by atoms with E-state index in [0.29, 0.717) is 0 Å². The van der Waals surface area contributed by atoms with Gasteiger partial charge in [-0.25, -0.2) is 8.78 Å². The van der Waals surface area contributed by atoms with Crippen LogP contribution in [0.3, 0.4) is 0 Å². The minimum absolute atomic E-state index is 0.0761. The van der Waals surface area contributed by atoms with Crippen molar-refractivity contribution in [3.63, 3.8) is 0 Å². The van der Waals surface area contributed by atoms with Crippen molar-refractivity contribution in [2.24, 2.45) is 5.92 Å². The van der Waals surface area contributed by atoms with E-state index in [2.05, 4.69) is 0 Å². The van der Waals surface area contributed by atoms with Gasteiger partial charge in [-0.3, -0.25) is 0 Å². The Balaban J connectivity index is 2.62. The van der Waals surface area contributed by atoms with Gasteiger partial charge in [0, 0.05) is 14.0 Å². The van der Waals surface area contributed by atoms with Gasteiger partial charge in [0.05, 0.1) is 31.8 Å². The van der Waals surface area contributed by atoms with Crippen LogP contribution < -0.4 is 0 Å². The van der Waals surface area contributed by atoms with Crippen molar-refractivity contribution in [1.82, 2.24) is 0 Å². The van der Waals surface area contributed by atoms with E-state index in [0.717, 1.165) is 0 Å². The Hall–Kier alpha value is -0.340. The summed E-state index contributed by atoms with van der Waals surface area (Å²) >= 11 is 0. The SMILES string of the molecule is [2H]C[C@H]1OC[C@@H](C)C(F)(F)C1OP(C)OCCC#N. The molecule has 104 valence electrons. The Kier molecular flexibility index (Phi) is 5.25. The van der Waals surface area contributed by atoms with E-state index in [9.17, 15) is 8.78 Å². The van der Waals surface area contributed by atoms with Crippen molar-refractivity contribution in [1.29, 1.82) is 5.26 Å². The zero-order valence-electron chi connectivity index (χ0n) is 11.4.